The maximum absolute atomic E-state index is 15.0. The van der Waals surface area contributed by atoms with Crippen LogP contribution in [0.4, 0.5) is 43.9 Å². The minimum atomic E-state index is -5.13. The lowest BCUT2D eigenvalue weighted by atomic mass is 9.87. The molecule has 3 aliphatic heterocycles. The summed E-state index contributed by atoms with van der Waals surface area (Å²) in [6, 6.07) is 0. The third kappa shape index (κ3) is 3.59. The SMILES string of the molecule is Fc1c(C(F)(F)F)ncc2c1SC[C@H](F)[C@@]21CN2C=C(C(F)(F)F)C(OC(F)F)=CC2=N1. The predicted molar refractivity (Wildman–Crippen MR) is 89.9 cm³/mol. The molecule has 0 bridgehead atoms. The molecule has 15 heteroatoms. The number of alkyl halides is 9. The first kappa shape index (κ1) is 22.7. The summed E-state index contributed by atoms with van der Waals surface area (Å²) in [6.45, 7) is -4.25. The fourth-order valence-corrected chi connectivity index (χ4v) is 4.78. The van der Waals surface area contributed by atoms with E-state index in [1.807, 2.05) is 0 Å². The molecule has 1 spiro atoms. The van der Waals surface area contributed by atoms with Crippen molar-refractivity contribution in [3.05, 3.63) is 46.9 Å². The molecule has 0 saturated heterocycles. The van der Waals surface area contributed by atoms with Crippen LogP contribution in [0.15, 0.2) is 39.7 Å². The van der Waals surface area contributed by atoms with Crippen LogP contribution < -0.4 is 0 Å². The van der Waals surface area contributed by atoms with Gasteiger partial charge < -0.3 is 9.64 Å². The van der Waals surface area contributed by atoms with E-state index in [1.54, 1.807) is 0 Å². The second kappa shape index (κ2) is 7.28. The van der Waals surface area contributed by atoms with Gasteiger partial charge in [0.2, 0.25) is 0 Å². The van der Waals surface area contributed by atoms with Gasteiger partial charge in [0.15, 0.2) is 11.5 Å². The van der Waals surface area contributed by atoms with Crippen molar-refractivity contribution in [2.45, 2.75) is 35.6 Å². The van der Waals surface area contributed by atoms with Crippen LogP contribution in [0.5, 0.6) is 0 Å². The van der Waals surface area contributed by atoms with E-state index >= 15 is 4.39 Å². The van der Waals surface area contributed by atoms with Crippen LogP contribution in [0.3, 0.4) is 0 Å². The van der Waals surface area contributed by atoms with Gasteiger partial charge in [-0.05, 0) is 0 Å². The topological polar surface area (TPSA) is 37.7 Å². The Balaban J connectivity index is 1.84. The Labute approximate surface area is 176 Å². The van der Waals surface area contributed by atoms with Crippen molar-refractivity contribution in [1.82, 2.24) is 9.88 Å². The van der Waals surface area contributed by atoms with Crippen LogP contribution in [0.1, 0.15) is 11.3 Å². The summed E-state index contributed by atoms with van der Waals surface area (Å²) in [5.74, 6) is -3.97. The second-order valence-corrected chi connectivity index (χ2v) is 7.92. The number of rotatable bonds is 2. The lowest BCUT2D eigenvalue weighted by Gasteiger charge is -2.36. The van der Waals surface area contributed by atoms with Gasteiger partial charge in [-0.15, -0.1) is 11.8 Å². The van der Waals surface area contributed by atoms with Crippen molar-refractivity contribution in [3.8, 4) is 0 Å². The highest BCUT2D eigenvalue weighted by Gasteiger charge is 2.54. The minimum Gasteiger partial charge on any atom is -0.434 e. The molecule has 1 aromatic heterocycles. The number of aliphatic imine (C=N–C) groups is 1. The van der Waals surface area contributed by atoms with Gasteiger partial charge >= 0.3 is 19.0 Å². The number of pyridine rings is 1. The van der Waals surface area contributed by atoms with E-state index in [0.29, 0.717) is 30.2 Å². The first-order chi connectivity index (χ1) is 14.7. The maximum atomic E-state index is 15.0. The molecule has 0 aliphatic carbocycles. The molecule has 0 amide bonds. The van der Waals surface area contributed by atoms with Crippen LogP contribution in [0, 0.1) is 5.82 Å². The van der Waals surface area contributed by atoms with Gasteiger partial charge in [-0.1, -0.05) is 0 Å². The summed E-state index contributed by atoms with van der Waals surface area (Å²) in [6.07, 6.45) is -10.7. The highest BCUT2D eigenvalue weighted by Crippen LogP contribution is 2.50. The number of thioether (sulfide) groups is 1. The lowest BCUT2D eigenvalue weighted by Crippen LogP contribution is -2.44. The van der Waals surface area contributed by atoms with Gasteiger partial charge in [0, 0.05) is 29.8 Å². The zero-order chi connectivity index (χ0) is 23.6. The van der Waals surface area contributed by atoms with Crippen LogP contribution in [-0.2, 0) is 16.5 Å². The third-order valence-corrected chi connectivity index (χ3v) is 6.10. The molecule has 0 N–H and O–H groups in total. The van der Waals surface area contributed by atoms with Gasteiger partial charge in [0.05, 0.1) is 11.4 Å². The summed E-state index contributed by atoms with van der Waals surface area (Å²) in [5.41, 5.74) is -5.91. The standard InChI is InChI=1S/C17H9F10N3OS/c18-9-4-32-12-6(2-28-13(11(12)19)17(25,26)27)15(9)5-30-3-7(16(22,23)24)8(31-14(20)21)1-10(30)29-15/h1-3,9,14H,4-5H2/t9-,15+/m0/s1. The Kier molecular flexibility index (Phi) is 5.17. The average Bonchev–Trinajstić information content (AvgIpc) is 3.01. The highest BCUT2D eigenvalue weighted by molar-refractivity contribution is 7.99. The zero-order valence-corrected chi connectivity index (χ0v) is 16.1. The molecule has 4 rings (SSSR count). The van der Waals surface area contributed by atoms with Crippen molar-refractivity contribution in [3.63, 3.8) is 0 Å². The molecule has 3 aliphatic rings. The van der Waals surface area contributed by atoms with Crippen LogP contribution in [-0.4, -0.2) is 47.0 Å². The number of halogens is 10. The fourth-order valence-electron chi connectivity index (χ4n) is 3.59. The van der Waals surface area contributed by atoms with Crippen molar-refractivity contribution < 1.29 is 48.6 Å². The number of nitrogens with zero attached hydrogens (tertiary/aromatic N) is 3. The second-order valence-electron chi connectivity index (χ2n) is 6.89. The van der Waals surface area contributed by atoms with Gasteiger partial charge in [-0.25, -0.2) is 13.8 Å². The van der Waals surface area contributed by atoms with E-state index in [-0.39, 0.29) is 5.56 Å². The molecule has 0 fully saturated rings. The Hall–Kier alpha value is -2.45. The monoisotopic (exact) mass is 493 g/mol. The zero-order valence-electron chi connectivity index (χ0n) is 15.2. The van der Waals surface area contributed by atoms with Gasteiger partial charge in [0.25, 0.3) is 0 Å². The van der Waals surface area contributed by atoms with Crippen LogP contribution in [0.25, 0.3) is 0 Å². The third-order valence-electron chi connectivity index (χ3n) is 4.95. The molecular weight excluding hydrogens is 484 g/mol. The van der Waals surface area contributed by atoms with Crippen molar-refractivity contribution in [2.24, 2.45) is 4.99 Å². The van der Waals surface area contributed by atoms with Crippen molar-refractivity contribution >= 4 is 17.6 Å². The van der Waals surface area contributed by atoms with E-state index in [9.17, 15) is 39.5 Å². The normalized spacial score (nSPS) is 25.4. The molecular formula is C17H9F10N3OS. The maximum Gasteiger partial charge on any atom is 0.436 e. The summed E-state index contributed by atoms with van der Waals surface area (Å²) in [7, 11) is 0. The number of aromatic nitrogens is 1. The van der Waals surface area contributed by atoms with E-state index < -0.39 is 76.5 Å². The molecule has 0 radical (unpaired) electrons. The summed E-state index contributed by atoms with van der Waals surface area (Å²) in [5, 5.41) is 0. The molecule has 4 nitrogen and oxygen atoms in total. The summed E-state index contributed by atoms with van der Waals surface area (Å²) in [4.78, 5) is 7.23. The molecule has 0 saturated carbocycles. The molecule has 0 aromatic carbocycles. The lowest BCUT2D eigenvalue weighted by molar-refractivity contribution is -0.144. The van der Waals surface area contributed by atoms with E-state index in [1.165, 1.54) is 0 Å². The molecule has 32 heavy (non-hydrogen) atoms. The van der Waals surface area contributed by atoms with E-state index in [4.69, 9.17) is 0 Å². The van der Waals surface area contributed by atoms with E-state index in [2.05, 4.69) is 14.7 Å². The average molecular weight is 493 g/mol. The molecule has 2 atom stereocenters. The quantitative estimate of drug-likeness (QED) is 0.533. The molecule has 174 valence electrons. The van der Waals surface area contributed by atoms with Crippen LogP contribution >= 0.6 is 11.8 Å². The fraction of sp³-hybridized carbons (Fsp3) is 0.412. The summed E-state index contributed by atoms with van der Waals surface area (Å²) >= 11 is 0.449. The Morgan fingerprint density at radius 3 is 2.44 bits per heavy atom. The van der Waals surface area contributed by atoms with Crippen LogP contribution in [0.2, 0.25) is 0 Å². The largest absolute Gasteiger partial charge is 0.436 e. The number of fused-ring (bicyclic) bond motifs is 3. The number of allylic oxidation sites excluding steroid dienone is 1. The molecule has 1 aromatic rings. The van der Waals surface area contributed by atoms with Crippen molar-refractivity contribution in [2.75, 3.05) is 12.3 Å². The number of amidine groups is 1. The predicted octanol–water partition coefficient (Wildman–Crippen LogP) is 5.18. The first-order valence-electron chi connectivity index (χ1n) is 8.59. The van der Waals surface area contributed by atoms with E-state index in [0.717, 1.165) is 4.90 Å². The smallest absolute Gasteiger partial charge is 0.434 e. The highest BCUT2D eigenvalue weighted by atomic mass is 32.2. The Morgan fingerprint density at radius 1 is 1.16 bits per heavy atom. The molecule has 4 heterocycles. The molecule has 0 unspecified atom stereocenters. The summed E-state index contributed by atoms with van der Waals surface area (Å²) < 4.78 is 138. The minimum absolute atomic E-state index is 0.382. The van der Waals surface area contributed by atoms with Crippen molar-refractivity contribution in [1.29, 1.82) is 0 Å². The number of hydrogen-bond acceptors (Lipinski definition) is 5. The number of ether oxygens (including phenoxy) is 1. The first-order valence-corrected chi connectivity index (χ1v) is 9.58. The van der Waals surface area contributed by atoms with Gasteiger partial charge in [0.1, 0.15) is 28.9 Å². The van der Waals surface area contributed by atoms with Gasteiger partial charge in [-0.2, -0.15) is 35.1 Å². The Bertz CT molecular complexity index is 1050. The number of hydrogen-bond donors (Lipinski definition) is 0. The van der Waals surface area contributed by atoms with Gasteiger partial charge in [-0.3, -0.25) is 4.99 Å². The Morgan fingerprint density at radius 2 is 1.84 bits per heavy atom.